The quantitative estimate of drug-likeness (QED) is 0.326. The molecular formula is C14H17ClN2O5. The van der Waals surface area contributed by atoms with E-state index < -0.39 is 18.5 Å². The van der Waals surface area contributed by atoms with Gasteiger partial charge >= 0.3 is 5.97 Å². The van der Waals surface area contributed by atoms with Crippen LogP contribution in [0.4, 0.5) is 0 Å². The van der Waals surface area contributed by atoms with E-state index in [1.807, 2.05) is 6.92 Å². The summed E-state index contributed by atoms with van der Waals surface area (Å²) >= 11 is 5.75. The van der Waals surface area contributed by atoms with Crippen LogP contribution < -0.4 is 5.73 Å². The van der Waals surface area contributed by atoms with E-state index in [9.17, 15) is 14.7 Å². The lowest BCUT2D eigenvalue weighted by Gasteiger charge is -2.05. The van der Waals surface area contributed by atoms with Crippen molar-refractivity contribution in [2.45, 2.75) is 19.8 Å². The number of halogens is 1. The maximum atomic E-state index is 11.4. The van der Waals surface area contributed by atoms with Crippen molar-refractivity contribution in [2.75, 3.05) is 13.2 Å². The Hall–Kier alpha value is -2.28. The molecule has 0 radical (unpaired) electrons. The number of benzene rings is 1. The second-order valence-corrected chi connectivity index (χ2v) is 4.72. The van der Waals surface area contributed by atoms with Gasteiger partial charge in [0.25, 0.3) is 5.91 Å². The molecule has 3 N–H and O–H groups in total. The minimum absolute atomic E-state index is 0.0328. The second kappa shape index (κ2) is 8.89. The molecule has 0 atom stereocenters. The van der Waals surface area contributed by atoms with Gasteiger partial charge in [0.05, 0.1) is 11.6 Å². The van der Waals surface area contributed by atoms with E-state index in [4.69, 9.17) is 26.9 Å². The Morgan fingerprint density at radius 2 is 2.14 bits per heavy atom. The highest BCUT2D eigenvalue weighted by molar-refractivity contribution is 6.45. The molecule has 120 valence electrons. The lowest BCUT2D eigenvalue weighted by Crippen LogP contribution is -2.25. The number of nitrogens with zero attached hydrogens (tertiary/aromatic N) is 1. The fourth-order valence-corrected chi connectivity index (χ4v) is 1.60. The predicted octanol–water partition coefficient (Wildman–Crippen LogP) is 1.59. The van der Waals surface area contributed by atoms with Crippen LogP contribution in [0.1, 0.15) is 25.3 Å². The van der Waals surface area contributed by atoms with Crippen LogP contribution >= 0.6 is 11.6 Å². The van der Waals surface area contributed by atoms with E-state index in [0.29, 0.717) is 6.61 Å². The van der Waals surface area contributed by atoms with Crippen molar-refractivity contribution in [1.29, 1.82) is 0 Å². The summed E-state index contributed by atoms with van der Waals surface area (Å²) in [6.45, 7) is 1.83. The number of nitrogens with two attached hydrogens (primary N) is 1. The number of phenols is 1. The standard InChI is InChI=1S/C14H17ClN2O5/c1-2-3-6-21-12(19)8-22-17-13(14(16)20)9-4-5-11(18)10(15)7-9/h4-5,7,18H,2-3,6,8H2,1H3,(H2,16,20). The number of hydrogen-bond acceptors (Lipinski definition) is 6. The van der Waals surface area contributed by atoms with E-state index in [1.165, 1.54) is 18.2 Å². The molecule has 1 amide bonds. The van der Waals surface area contributed by atoms with Crippen LogP contribution in [0.3, 0.4) is 0 Å². The minimum atomic E-state index is -0.860. The van der Waals surface area contributed by atoms with E-state index >= 15 is 0 Å². The Labute approximate surface area is 132 Å². The second-order valence-electron chi connectivity index (χ2n) is 4.32. The molecule has 0 aromatic heterocycles. The van der Waals surface area contributed by atoms with Gasteiger partial charge in [-0.15, -0.1) is 0 Å². The number of rotatable bonds is 8. The highest BCUT2D eigenvalue weighted by Crippen LogP contribution is 2.23. The van der Waals surface area contributed by atoms with Crippen molar-refractivity contribution < 1.29 is 24.3 Å². The molecule has 0 aliphatic heterocycles. The van der Waals surface area contributed by atoms with Gasteiger partial charge in [-0.1, -0.05) is 30.1 Å². The molecule has 1 rings (SSSR count). The Bertz CT molecular complexity index is 574. The number of phenolic OH excluding ortho intramolecular Hbond substituents is 1. The third-order valence-electron chi connectivity index (χ3n) is 2.55. The number of aromatic hydroxyl groups is 1. The highest BCUT2D eigenvalue weighted by atomic mass is 35.5. The molecule has 0 fully saturated rings. The molecule has 0 saturated carbocycles. The van der Waals surface area contributed by atoms with Gasteiger partial charge in [-0.3, -0.25) is 4.79 Å². The SMILES string of the molecule is CCCCOC(=O)CON=C(C(N)=O)c1ccc(O)c(Cl)c1. The highest BCUT2D eigenvalue weighted by Gasteiger charge is 2.14. The van der Waals surface area contributed by atoms with E-state index in [0.717, 1.165) is 12.8 Å². The number of oxime groups is 1. The van der Waals surface area contributed by atoms with Crippen LogP contribution in [0.15, 0.2) is 23.4 Å². The van der Waals surface area contributed by atoms with Crippen LogP contribution in [0, 0.1) is 0 Å². The van der Waals surface area contributed by atoms with Crippen LogP contribution in [-0.2, 0) is 19.2 Å². The van der Waals surface area contributed by atoms with Gasteiger partial charge in [-0.05, 0) is 24.6 Å². The normalized spacial score (nSPS) is 11.1. The lowest BCUT2D eigenvalue weighted by atomic mass is 10.1. The van der Waals surface area contributed by atoms with Crippen molar-refractivity contribution in [1.82, 2.24) is 0 Å². The molecule has 7 nitrogen and oxygen atoms in total. The first-order valence-corrected chi connectivity index (χ1v) is 6.97. The molecule has 0 spiro atoms. The lowest BCUT2D eigenvalue weighted by molar-refractivity contribution is -0.149. The van der Waals surface area contributed by atoms with E-state index in [1.54, 1.807) is 0 Å². The summed E-state index contributed by atoms with van der Waals surface area (Å²) in [4.78, 5) is 27.5. The number of primary amides is 1. The number of ether oxygens (including phenoxy) is 1. The zero-order chi connectivity index (χ0) is 16.5. The topological polar surface area (TPSA) is 111 Å². The van der Waals surface area contributed by atoms with Crippen LogP contribution in [-0.4, -0.2) is 35.9 Å². The fraction of sp³-hybridized carbons (Fsp3) is 0.357. The monoisotopic (exact) mass is 328 g/mol. The Morgan fingerprint density at radius 1 is 1.41 bits per heavy atom. The molecular weight excluding hydrogens is 312 g/mol. The predicted molar refractivity (Wildman–Crippen MR) is 80.7 cm³/mol. The zero-order valence-electron chi connectivity index (χ0n) is 12.0. The number of unbranched alkanes of at least 4 members (excludes halogenated alkanes) is 1. The van der Waals surface area contributed by atoms with Crippen LogP contribution in [0.25, 0.3) is 0 Å². The fourth-order valence-electron chi connectivity index (χ4n) is 1.42. The van der Waals surface area contributed by atoms with E-state index in [-0.39, 0.29) is 22.0 Å². The first-order chi connectivity index (χ1) is 10.5. The summed E-state index contributed by atoms with van der Waals surface area (Å²) in [6, 6.07) is 3.99. The Balaban J connectivity index is 2.69. The number of esters is 1. The summed E-state index contributed by atoms with van der Waals surface area (Å²) in [5.74, 6) is -1.60. The van der Waals surface area contributed by atoms with Gasteiger partial charge in [0.1, 0.15) is 5.75 Å². The van der Waals surface area contributed by atoms with Crippen LogP contribution in [0.2, 0.25) is 5.02 Å². The Morgan fingerprint density at radius 3 is 2.73 bits per heavy atom. The third-order valence-corrected chi connectivity index (χ3v) is 2.86. The third kappa shape index (κ3) is 5.61. The summed E-state index contributed by atoms with van der Waals surface area (Å²) in [7, 11) is 0. The molecule has 0 unspecified atom stereocenters. The first-order valence-electron chi connectivity index (χ1n) is 6.60. The van der Waals surface area contributed by atoms with Crippen LogP contribution in [0.5, 0.6) is 5.75 Å². The van der Waals surface area contributed by atoms with Crippen molar-refractivity contribution in [2.24, 2.45) is 10.9 Å². The molecule has 0 saturated heterocycles. The first kappa shape index (κ1) is 17.8. The largest absolute Gasteiger partial charge is 0.506 e. The van der Waals surface area contributed by atoms with Gasteiger partial charge in [-0.2, -0.15) is 0 Å². The number of carbonyl (C=O) groups is 2. The zero-order valence-corrected chi connectivity index (χ0v) is 12.8. The maximum Gasteiger partial charge on any atom is 0.347 e. The molecule has 1 aromatic rings. The molecule has 22 heavy (non-hydrogen) atoms. The maximum absolute atomic E-state index is 11.4. The summed E-state index contributed by atoms with van der Waals surface area (Å²) in [5.41, 5.74) is 5.24. The number of amides is 1. The van der Waals surface area contributed by atoms with Gasteiger partial charge in [0.2, 0.25) is 6.61 Å². The van der Waals surface area contributed by atoms with E-state index in [2.05, 4.69) is 5.16 Å². The average molecular weight is 329 g/mol. The summed E-state index contributed by atoms with van der Waals surface area (Å²) < 4.78 is 4.86. The molecule has 8 heteroatoms. The number of hydrogen-bond donors (Lipinski definition) is 2. The molecule has 0 bridgehead atoms. The summed E-state index contributed by atoms with van der Waals surface area (Å²) in [6.07, 6.45) is 1.66. The number of carbonyl (C=O) groups excluding carboxylic acids is 2. The van der Waals surface area contributed by atoms with Crippen molar-refractivity contribution >= 4 is 29.2 Å². The van der Waals surface area contributed by atoms with Gasteiger partial charge in [0.15, 0.2) is 5.71 Å². The van der Waals surface area contributed by atoms with Crippen molar-refractivity contribution in [3.05, 3.63) is 28.8 Å². The summed E-state index contributed by atoms with van der Waals surface area (Å²) in [5, 5.41) is 12.9. The van der Waals surface area contributed by atoms with Gasteiger partial charge < -0.3 is 20.4 Å². The van der Waals surface area contributed by atoms with Crippen molar-refractivity contribution in [3.8, 4) is 5.75 Å². The van der Waals surface area contributed by atoms with Gasteiger partial charge in [0, 0.05) is 5.56 Å². The molecule has 1 aromatic carbocycles. The molecule has 0 aliphatic carbocycles. The molecule has 0 heterocycles. The average Bonchev–Trinajstić information content (AvgIpc) is 2.46. The van der Waals surface area contributed by atoms with Gasteiger partial charge in [-0.25, -0.2) is 4.79 Å². The smallest absolute Gasteiger partial charge is 0.347 e. The minimum Gasteiger partial charge on any atom is -0.506 e. The molecule has 0 aliphatic rings. The Kier molecular flexibility index (Phi) is 7.18. The van der Waals surface area contributed by atoms with Crippen molar-refractivity contribution in [3.63, 3.8) is 0 Å².